The molecule has 432 valence electrons. The molecular formula is C59H48F7N9O6S3. The van der Waals surface area contributed by atoms with Crippen molar-refractivity contribution in [1.82, 2.24) is 0 Å². The molecule has 3 aliphatic rings. The van der Waals surface area contributed by atoms with Crippen LogP contribution in [0.5, 0.6) is 17.2 Å². The second kappa shape index (κ2) is 23.9. The third-order valence-electron chi connectivity index (χ3n) is 13.7. The molecule has 3 heterocycles. The molecule has 6 aromatic rings. The summed E-state index contributed by atoms with van der Waals surface area (Å²) in [6.45, 7) is 30.3. The van der Waals surface area contributed by atoms with Crippen LogP contribution in [-0.4, -0.2) is 68.0 Å². The minimum atomic E-state index is -3.15. The number of benzene rings is 6. The van der Waals surface area contributed by atoms with Crippen molar-refractivity contribution in [1.29, 1.82) is 0 Å². The largest absolute Gasteiger partial charge is 0.505 e. The zero-order valence-electron chi connectivity index (χ0n) is 45.9. The number of carbonyl (C=O) groups excluding carboxylic acids is 3. The van der Waals surface area contributed by atoms with Gasteiger partial charge in [0.25, 0.3) is 17.7 Å². The number of carbonyl (C=O) groups is 3. The van der Waals surface area contributed by atoms with Crippen LogP contribution in [-0.2, 0) is 14.4 Å². The van der Waals surface area contributed by atoms with Crippen molar-refractivity contribution in [3.8, 4) is 17.2 Å². The van der Waals surface area contributed by atoms with Gasteiger partial charge in [-0.3, -0.25) is 29.1 Å². The number of alkyl halides is 4. The Kier molecular flexibility index (Phi) is 17.8. The maximum atomic E-state index is 14.2. The quantitative estimate of drug-likeness (QED) is 0.0798. The summed E-state index contributed by atoms with van der Waals surface area (Å²) in [6, 6.07) is 25.6. The van der Waals surface area contributed by atoms with E-state index in [0.717, 1.165) is 35.9 Å². The van der Waals surface area contributed by atoms with Crippen molar-refractivity contribution >= 4 is 121 Å². The summed E-state index contributed by atoms with van der Waals surface area (Å²) in [7, 11) is 0. The Morgan fingerprint density at radius 1 is 0.440 bits per heavy atom. The summed E-state index contributed by atoms with van der Waals surface area (Å²) < 4.78 is 100. The summed E-state index contributed by atoms with van der Waals surface area (Å²) in [5.41, 5.74) is 2.54. The van der Waals surface area contributed by atoms with Gasteiger partial charge in [-0.25, -0.2) is 27.7 Å². The van der Waals surface area contributed by atoms with Crippen molar-refractivity contribution < 1.29 is 59.7 Å². The Bertz CT molecular complexity index is 3700. The predicted molar refractivity (Wildman–Crippen MR) is 316 cm³/mol. The SMILES string of the molecule is [C-]#[N+]c1ccc(N2C(=O)C(C)(C)N(c3ccc(O)c(F)c3)C2=S)cc1C.[C-]#[N+]c1ccc(N2C(=O)C(C)(C)N(c3ccc(OC(F)F)c(F)c3)C2=S)cc1C.[C-]#[N+]c1ccc(N2C(=O)C(C)(C)N(c3ccc(OC(F)F)c(F)c3)C2=S)cc1C. The van der Waals surface area contributed by atoms with Crippen LogP contribution in [0.2, 0.25) is 0 Å². The van der Waals surface area contributed by atoms with E-state index in [4.69, 9.17) is 56.4 Å². The minimum absolute atomic E-state index is 0.108. The van der Waals surface area contributed by atoms with Crippen LogP contribution in [0.1, 0.15) is 58.2 Å². The van der Waals surface area contributed by atoms with Gasteiger partial charge in [-0.2, -0.15) is 17.6 Å². The standard InChI is InChI=1S/2C20H16F3N3O2S.C19H16FN3O2S/c2*1-11-9-12(5-7-15(11)24-4)25-17(27)20(2,3)26(19(25)29)13-6-8-16(14(21)10-13)28-18(22)23;1-11-9-12(5-7-15(11)21-4)22-17(25)19(2,3)23(18(22)26)13-6-8-16(24)14(20)10-13/h2*5-10,18H,1-3H3;5-10,24H,1-3H3. The first-order valence-corrected chi connectivity index (χ1v) is 26.0. The molecule has 9 rings (SSSR count). The molecule has 25 heteroatoms. The van der Waals surface area contributed by atoms with Crippen molar-refractivity contribution in [3.63, 3.8) is 0 Å². The summed E-state index contributed by atoms with van der Waals surface area (Å²) in [6.07, 6.45) is 0. The number of hydrogen-bond acceptors (Lipinski definition) is 9. The Morgan fingerprint density at radius 2 is 0.702 bits per heavy atom. The van der Waals surface area contributed by atoms with E-state index in [1.807, 2.05) is 0 Å². The number of hydrogen-bond donors (Lipinski definition) is 1. The Morgan fingerprint density at radius 3 is 0.940 bits per heavy atom. The average Bonchev–Trinajstić information content (AvgIpc) is 4.09. The first-order chi connectivity index (χ1) is 39.3. The van der Waals surface area contributed by atoms with Gasteiger partial charge in [0.2, 0.25) is 0 Å². The fourth-order valence-electron chi connectivity index (χ4n) is 9.36. The lowest BCUT2D eigenvalue weighted by Gasteiger charge is -2.29. The van der Waals surface area contributed by atoms with E-state index in [2.05, 4.69) is 24.0 Å². The molecule has 15 nitrogen and oxygen atoms in total. The lowest BCUT2D eigenvalue weighted by Crippen LogP contribution is -2.44. The van der Waals surface area contributed by atoms with E-state index in [1.54, 1.807) is 122 Å². The highest BCUT2D eigenvalue weighted by molar-refractivity contribution is 7.81. The third-order valence-corrected chi connectivity index (χ3v) is 14.7. The third kappa shape index (κ3) is 11.7. The topological polar surface area (TPSA) is 122 Å². The highest BCUT2D eigenvalue weighted by atomic mass is 32.1. The Hall–Kier alpha value is -9.22. The molecule has 1 N–H and O–H groups in total. The van der Waals surface area contributed by atoms with E-state index in [1.165, 1.54) is 48.8 Å². The van der Waals surface area contributed by atoms with Crippen molar-refractivity contribution in [2.24, 2.45) is 0 Å². The smallest absolute Gasteiger partial charge is 0.387 e. The van der Waals surface area contributed by atoms with Crippen LogP contribution in [0.4, 0.5) is 81.9 Å². The molecular weight excluding hydrogens is 1160 g/mol. The molecule has 3 fully saturated rings. The van der Waals surface area contributed by atoms with Crippen molar-refractivity contribution in [3.05, 3.63) is 178 Å². The second-order valence-electron chi connectivity index (χ2n) is 20.3. The molecule has 3 saturated heterocycles. The number of thiocarbonyl (C=S) groups is 3. The highest BCUT2D eigenvalue weighted by Gasteiger charge is 2.53. The Labute approximate surface area is 494 Å². The molecule has 6 aromatic carbocycles. The molecule has 84 heavy (non-hydrogen) atoms. The second-order valence-corrected chi connectivity index (χ2v) is 21.4. The molecule has 0 unspecified atom stereocenters. The maximum absolute atomic E-state index is 14.2. The molecule has 0 atom stereocenters. The number of halogens is 7. The molecule has 3 amide bonds. The van der Waals surface area contributed by atoms with E-state index < -0.39 is 64.5 Å². The van der Waals surface area contributed by atoms with Crippen LogP contribution in [0.15, 0.2) is 109 Å². The number of nitrogens with zero attached hydrogens (tertiary/aromatic N) is 9. The molecule has 0 radical (unpaired) electrons. The summed E-state index contributed by atoms with van der Waals surface area (Å²) >= 11 is 16.5. The van der Waals surface area contributed by atoms with E-state index in [0.29, 0.717) is 50.9 Å². The number of aryl methyl sites for hydroxylation is 3. The van der Waals surface area contributed by atoms with Crippen LogP contribution < -0.4 is 38.9 Å². The number of ether oxygens (including phenoxy) is 2. The summed E-state index contributed by atoms with van der Waals surface area (Å²) in [5, 5.41) is 9.84. The number of amides is 3. The number of aromatic hydroxyl groups is 1. The first-order valence-electron chi connectivity index (χ1n) is 24.8. The van der Waals surface area contributed by atoms with Crippen LogP contribution >= 0.6 is 36.7 Å². The normalized spacial score (nSPS) is 15.9. The van der Waals surface area contributed by atoms with Crippen molar-refractivity contribution in [2.45, 2.75) is 92.2 Å². The van der Waals surface area contributed by atoms with Crippen LogP contribution in [0, 0.1) is 57.9 Å². The van der Waals surface area contributed by atoms with Crippen LogP contribution in [0.3, 0.4) is 0 Å². The fraction of sp³-hybridized carbons (Fsp3) is 0.237. The van der Waals surface area contributed by atoms with Gasteiger partial charge in [-0.05, 0) is 188 Å². The minimum Gasteiger partial charge on any atom is -0.505 e. The van der Waals surface area contributed by atoms with Gasteiger partial charge in [0.15, 0.2) is 67.1 Å². The van der Waals surface area contributed by atoms with Gasteiger partial charge in [0.1, 0.15) is 16.6 Å². The van der Waals surface area contributed by atoms with Gasteiger partial charge in [0, 0.05) is 52.3 Å². The fourth-order valence-corrected chi connectivity index (χ4v) is 10.9. The summed E-state index contributed by atoms with van der Waals surface area (Å²) in [4.78, 5) is 58.0. The van der Waals surface area contributed by atoms with Gasteiger partial charge in [-0.1, -0.05) is 18.2 Å². The van der Waals surface area contributed by atoms with E-state index in [9.17, 15) is 50.2 Å². The molecule has 0 aliphatic carbocycles. The van der Waals surface area contributed by atoms with Crippen molar-refractivity contribution in [2.75, 3.05) is 29.4 Å². The molecule has 0 aromatic heterocycles. The molecule has 0 spiro atoms. The van der Waals surface area contributed by atoms with E-state index >= 15 is 0 Å². The van der Waals surface area contributed by atoms with E-state index in [-0.39, 0.29) is 44.4 Å². The molecule has 3 aliphatic heterocycles. The first kappa shape index (κ1) is 62.4. The molecule has 0 saturated carbocycles. The zero-order valence-corrected chi connectivity index (χ0v) is 48.4. The van der Waals surface area contributed by atoms with Gasteiger partial charge >= 0.3 is 13.2 Å². The maximum Gasteiger partial charge on any atom is 0.387 e. The predicted octanol–water partition coefficient (Wildman–Crippen LogP) is 14.7. The lowest BCUT2D eigenvalue weighted by molar-refractivity contribution is -0.121. The van der Waals surface area contributed by atoms with Gasteiger partial charge in [-0.15, -0.1) is 0 Å². The van der Waals surface area contributed by atoms with Crippen LogP contribution in [0.25, 0.3) is 14.5 Å². The summed E-state index contributed by atoms with van der Waals surface area (Å²) in [5.74, 6) is -5.38. The molecule has 0 bridgehead atoms. The Balaban J connectivity index is 0.000000181. The average molecular weight is 1210 g/mol. The highest BCUT2D eigenvalue weighted by Crippen LogP contribution is 2.42. The lowest BCUT2D eigenvalue weighted by atomic mass is 10.0. The zero-order chi connectivity index (χ0) is 62.2. The van der Waals surface area contributed by atoms with Gasteiger partial charge in [0.05, 0.1) is 19.7 Å². The number of rotatable bonds is 10. The number of phenols is 1. The van der Waals surface area contributed by atoms with Gasteiger partial charge < -0.3 is 29.3 Å². The number of phenolic OH excluding ortho intramolecular Hbond substituents is 1. The number of anilines is 6. The monoisotopic (exact) mass is 1210 g/mol.